The first-order valence-electron chi connectivity index (χ1n) is 5.96. The summed E-state index contributed by atoms with van der Waals surface area (Å²) < 4.78 is 5.22. The van der Waals surface area contributed by atoms with Gasteiger partial charge in [0.05, 0.1) is 5.92 Å². The van der Waals surface area contributed by atoms with Crippen LogP contribution in [0, 0.1) is 0 Å². The molecule has 1 unspecified atom stereocenters. The minimum Gasteiger partial charge on any atom is -0.504 e. The molecule has 0 bridgehead atoms. The zero-order chi connectivity index (χ0) is 13.4. The van der Waals surface area contributed by atoms with E-state index in [1.54, 1.807) is 0 Å². The highest BCUT2D eigenvalue weighted by Gasteiger charge is 2.30. The summed E-state index contributed by atoms with van der Waals surface area (Å²) >= 11 is 0. The number of ether oxygens (including phenoxy) is 1. The standard InChI is InChI=1S/C15H12O4/c16-12-7-10-6-11(9-4-2-1-3-5-9)15(18)19-14(10)8-13(12)17/h1-5,7-8,11,16-17H,6H2. The van der Waals surface area contributed by atoms with Crippen molar-refractivity contribution in [2.24, 2.45) is 0 Å². The highest BCUT2D eigenvalue weighted by atomic mass is 16.5. The first-order chi connectivity index (χ1) is 9.15. The van der Waals surface area contributed by atoms with Crippen molar-refractivity contribution in [1.29, 1.82) is 0 Å². The molecular weight excluding hydrogens is 244 g/mol. The van der Waals surface area contributed by atoms with Gasteiger partial charge in [-0.3, -0.25) is 4.79 Å². The number of carbonyl (C=O) groups excluding carboxylic acids is 1. The van der Waals surface area contributed by atoms with Crippen LogP contribution in [0.25, 0.3) is 0 Å². The summed E-state index contributed by atoms with van der Waals surface area (Å²) in [6.45, 7) is 0. The van der Waals surface area contributed by atoms with Crippen LogP contribution >= 0.6 is 0 Å². The number of hydrogen-bond acceptors (Lipinski definition) is 4. The lowest BCUT2D eigenvalue weighted by Gasteiger charge is -2.23. The molecule has 4 heteroatoms. The topological polar surface area (TPSA) is 66.8 Å². The van der Waals surface area contributed by atoms with Gasteiger partial charge in [-0.1, -0.05) is 30.3 Å². The Hall–Kier alpha value is -2.49. The lowest BCUT2D eigenvalue weighted by molar-refractivity contribution is -0.137. The first kappa shape index (κ1) is 11.6. The largest absolute Gasteiger partial charge is 0.504 e. The van der Waals surface area contributed by atoms with Gasteiger partial charge in [0.1, 0.15) is 5.75 Å². The number of carbonyl (C=O) groups is 1. The fourth-order valence-corrected chi connectivity index (χ4v) is 2.28. The fourth-order valence-electron chi connectivity index (χ4n) is 2.28. The van der Waals surface area contributed by atoms with Crippen molar-refractivity contribution in [3.8, 4) is 17.2 Å². The number of fused-ring (bicyclic) bond motifs is 1. The zero-order valence-electron chi connectivity index (χ0n) is 10.0. The van der Waals surface area contributed by atoms with Crippen molar-refractivity contribution in [2.45, 2.75) is 12.3 Å². The van der Waals surface area contributed by atoms with E-state index in [4.69, 9.17) is 4.74 Å². The van der Waals surface area contributed by atoms with E-state index in [9.17, 15) is 15.0 Å². The second-order valence-corrected chi connectivity index (χ2v) is 4.54. The van der Waals surface area contributed by atoms with E-state index in [-0.39, 0.29) is 23.4 Å². The molecule has 0 radical (unpaired) electrons. The summed E-state index contributed by atoms with van der Waals surface area (Å²) in [6.07, 6.45) is 0.450. The van der Waals surface area contributed by atoms with Gasteiger partial charge in [0.2, 0.25) is 0 Å². The minimum atomic E-state index is -0.377. The Morgan fingerprint density at radius 2 is 1.74 bits per heavy atom. The van der Waals surface area contributed by atoms with Crippen LogP contribution in [-0.4, -0.2) is 16.2 Å². The van der Waals surface area contributed by atoms with Crippen molar-refractivity contribution in [3.63, 3.8) is 0 Å². The molecular formula is C15H12O4. The third kappa shape index (κ3) is 2.01. The molecule has 0 fully saturated rings. The number of aromatic hydroxyl groups is 2. The van der Waals surface area contributed by atoms with Crippen molar-refractivity contribution in [1.82, 2.24) is 0 Å². The van der Waals surface area contributed by atoms with Crippen molar-refractivity contribution < 1.29 is 19.7 Å². The summed E-state index contributed by atoms with van der Waals surface area (Å²) in [5.74, 6) is -0.901. The average Bonchev–Trinajstić information content (AvgIpc) is 2.41. The van der Waals surface area contributed by atoms with Gasteiger partial charge in [-0.15, -0.1) is 0 Å². The molecule has 0 spiro atoms. The van der Waals surface area contributed by atoms with Crippen molar-refractivity contribution in [2.75, 3.05) is 0 Å². The summed E-state index contributed by atoms with van der Waals surface area (Å²) in [5.41, 5.74) is 1.59. The third-order valence-electron chi connectivity index (χ3n) is 3.28. The van der Waals surface area contributed by atoms with Crippen LogP contribution in [0.5, 0.6) is 17.2 Å². The lowest BCUT2D eigenvalue weighted by Crippen LogP contribution is -2.25. The number of esters is 1. The van der Waals surface area contributed by atoms with Gasteiger partial charge in [0.25, 0.3) is 0 Å². The first-order valence-corrected chi connectivity index (χ1v) is 5.96. The van der Waals surface area contributed by atoms with E-state index in [2.05, 4.69) is 0 Å². The summed E-state index contributed by atoms with van der Waals surface area (Å²) in [7, 11) is 0. The van der Waals surface area contributed by atoms with E-state index in [0.717, 1.165) is 5.56 Å². The van der Waals surface area contributed by atoms with E-state index in [1.165, 1.54) is 12.1 Å². The van der Waals surface area contributed by atoms with Gasteiger partial charge in [0.15, 0.2) is 11.5 Å². The molecule has 96 valence electrons. The van der Waals surface area contributed by atoms with Gasteiger partial charge >= 0.3 is 5.97 Å². The molecule has 0 saturated carbocycles. The van der Waals surface area contributed by atoms with Crippen molar-refractivity contribution >= 4 is 5.97 Å². The summed E-state index contributed by atoms with van der Waals surface area (Å²) in [6, 6.07) is 12.1. The van der Waals surface area contributed by atoms with Crippen LogP contribution in [0.2, 0.25) is 0 Å². The maximum Gasteiger partial charge on any atom is 0.319 e. The van der Waals surface area contributed by atoms with E-state index in [1.807, 2.05) is 30.3 Å². The Bertz CT molecular complexity index is 634. The molecule has 1 aliphatic rings. The maximum absolute atomic E-state index is 12.0. The van der Waals surface area contributed by atoms with Gasteiger partial charge in [-0.2, -0.15) is 0 Å². The van der Waals surface area contributed by atoms with Gasteiger partial charge in [-0.05, 0) is 18.1 Å². The predicted octanol–water partition coefficient (Wildman–Crippen LogP) is 2.34. The highest BCUT2D eigenvalue weighted by molar-refractivity contribution is 5.83. The lowest BCUT2D eigenvalue weighted by atomic mass is 9.89. The average molecular weight is 256 g/mol. The zero-order valence-corrected chi connectivity index (χ0v) is 10.0. The molecule has 0 aliphatic carbocycles. The van der Waals surface area contributed by atoms with Gasteiger partial charge in [-0.25, -0.2) is 0 Å². The number of phenols is 2. The number of rotatable bonds is 1. The third-order valence-corrected chi connectivity index (χ3v) is 3.28. The van der Waals surface area contributed by atoms with Gasteiger partial charge < -0.3 is 14.9 Å². The molecule has 19 heavy (non-hydrogen) atoms. The Balaban J connectivity index is 2.00. The normalized spacial score (nSPS) is 17.7. The van der Waals surface area contributed by atoms with Crippen LogP contribution < -0.4 is 4.74 Å². The molecule has 2 aromatic carbocycles. The van der Waals surface area contributed by atoms with Crippen LogP contribution in [0.1, 0.15) is 17.0 Å². The maximum atomic E-state index is 12.0. The Morgan fingerprint density at radius 3 is 2.47 bits per heavy atom. The molecule has 4 nitrogen and oxygen atoms in total. The smallest absolute Gasteiger partial charge is 0.319 e. The second-order valence-electron chi connectivity index (χ2n) is 4.54. The molecule has 1 atom stereocenters. The van der Waals surface area contributed by atoms with Gasteiger partial charge in [0, 0.05) is 11.6 Å². The van der Waals surface area contributed by atoms with E-state index < -0.39 is 0 Å². The Labute approximate surface area is 109 Å². The monoisotopic (exact) mass is 256 g/mol. The highest BCUT2D eigenvalue weighted by Crippen LogP contribution is 2.39. The summed E-state index contributed by atoms with van der Waals surface area (Å²) in [5, 5.41) is 18.9. The second kappa shape index (κ2) is 4.31. The van der Waals surface area contributed by atoms with Crippen LogP contribution in [0.15, 0.2) is 42.5 Å². The van der Waals surface area contributed by atoms with Crippen LogP contribution in [0.3, 0.4) is 0 Å². The Morgan fingerprint density at radius 1 is 1.05 bits per heavy atom. The number of benzene rings is 2. The predicted molar refractivity (Wildman–Crippen MR) is 68.3 cm³/mol. The minimum absolute atomic E-state index is 0.205. The molecule has 0 amide bonds. The molecule has 1 heterocycles. The molecule has 2 N–H and O–H groups in total. The molecule has 0 saturated heterocycles. The fraction of sp³-hybridized carbons (Fsp3) is 0.133. The van der Waals surface area contributed by atoms with E-state index >= 15 is 0 Å². The molecule has 0 aromatic heterocycles. The van der Waals surface area contributed by atoms with Crippen molar-refractivity contribution in [3.05, 3.63) is 53.6 Å². The molecule has 3 rings (SSSR count). The number of hydrogen-bond donors (Lipinski definition) is 2. The van der Waals surface area contributed by atoms with E-state index in [0.29, 0.717) is 17.7 Å². The van der Waals surface area contributed by atoms with Crippen LogP contribution in [0.4, 0.5) is 0 Å². The molecule has 1 aliphatic heterocycles. The Kier molecular flexibility index (Phi) is 2.63. The van der Waals surface area contributed by atoms with Crippen LogP contribution in [-0.2, 0) is 11.2 Å². The SMILES string of the molecule is O=C1Oc2cc(O)c(O)cc2CC1c1ccccc1. The summed E-state index contributed by atoms with van der Waals surface area (Å²) in [4.78, 5) is 12.0. The molecule has 2 aromatic rings. The number of phenolic OH excluding ortho intramolecular Hbond substituents is 2. The quantitative estimate of drug-likeness (QED) is 0.467.